The maximum atomic E-state index is 12.1. The number of para-hydroxylation sites is 3. The van der Waals surface area contributed by atoms with Gasteiger partial charge in [-0.3, -0.25) is 14.4 Å². The minimum atomic E-state index is -0.523. The van der Waals surface area contributed by atoms with Gasteiger partial charge in [-0.15, -0.1) is 0 Å². The van der Waals surface area contributed by atoms with Crippen molar-refractivity contribution in [3.05, 3.63) is 54.1 Å². The Morgan fingerprint density at radius 2 is 1.50 bits per heavy atom. The zero-order valence-electron chi connectivity index (χ0n) is 17.4. The zero-order valence-corrected chi connectivity index (χ0v) is 17.4. The van der Waals surface area contributed by atoms with Crippen molar-refractivity contribution in [2.75, 3.05) is 23.8 Å². The molecule has 0 heterocycles. The number of carbonyl (C=O) groups excluding carboxylic acids is 3. The maximum Gasteiger partial charge on any atom is 0.306 e. The number of anilines is 2. The van der Waals surface area contributed by atoms with Crippen LogP contribution in [0, 0.1) is 0 Å². The number of hydrogen-bond acceptors (Lipinski definition) is 5. The van der Waals surface area contributed by atoms with Crippen molar-refractivity contribution in [2.45, 2.75) is 39.5 Å². The highest BCUT2D eigenvalue weighted by molar-refractivity contribution is 5.94. The number of esters is 1. The molecule has 7 nitrogen and oxygen atoms in total. The number of nitrogens with one attached hydrogen (secondary N) is 2. The van der Waals surface area contributed by atoms with Gasteiger partial charge in [-0.2, -0.15) is 0 Å². The lowest BCUT2D eigenvalue weighted by atomic mass is 10.1. The van der Waals surface area contributed by atoms with E-state index in [2.05, 4.69) is 10.6 Å². The van der Waals surface area contributed by atoms with E-state index in [1.807, 2.05) is 38.1 Å². The summed E-state index contributed by atoms with van der Waals surface area (Å²) in [5.74, 6) is -0.585. The van der Waals surface area contributed by atoms with Crippen molar-refractivity contribution >= 4 is 29.2 Å². The van der Waals surface area contributed by atoms with E-state index >= 15 is 0 Å². The Kier molecular flexibility index (Phi) is 9.37. The molecule has 0 aromatic heterocycles. The Morgan fingerprint density at radius 1 is 0.833 bits per heavy atom. The van der Waals surface area contributed by atoms with Gasteiger partial charge in [0.2, 0.25) is 5.91 Å². The fourth-order valence-electron chi connectivity index (χ4n) is 2.81. The summed E-state index contributed by atoms with van der Waals surface area (Å²) in [5, 5.41) is 5.52. The first kappa shape index (κ1) is 22.9. The molecule has 2 aromatic rings. The largest absolute Gasteiger partial charge is 0.492 e. The van der Waals surface area contributed by atoms with Gasteiger partial charge in [-0.1, -0.05) is 37.3 Å². The Labute approximate surface area is 176 Å². The molecule has 0 bridgehead atoms. The smallest absolute Gasteiger partial charge is 0.306 e. The lowest BCUT2D eigenvalue weighted by molar-refractivity contribution is -0.147. The second-order valence-electron chi connectivity index (χ2n) is 6.55. The highest BCUT2D eigenvalue weighted by Gasteiger charge is 2.12. The van der Waals surface area contributed by atoms with Gasteiger partial charge in [0.1, 0.15) is 5.75 Å². The van der Waals surface area contributed by atoms with Gasteiger partial charge in [0.15, 0.2) is 6.61 Å². The minimum absolute atomic E-state index is 0.0612. The van der Waals surface area contributed by atoms with Crippen molar-refractivity contribution < 1.29 is 23.9 Å². The van der Waals surface area contributed by atoms with Crippen LogP contribution in [-0.4, -0.2) is 31.0 Å². The van der Waals surface area contributed by atoms with Crippen LogP contribution in [0.5, 0.6) is 5.75 Å². The summed E-state index contributed by atoms with van der Waals surface area (Å²) in [7, 11) is 0. The van der Waals surface area contributed by atoms with Gasteiger partial charge < -0.3 is 20.1 Å². The maximum absolute atomic E-state index is 12.1. The first-order chi connectivity index (χ1) is 14.5. The number of carbonyl (C=O) groups is 3. The van der Waals surface area contributed by atoms with Crippen molar-refractivity contribution in [1.29, 1.82) is 0 Å². The summed E-state index contributed by atoms with van der Waals surface area (Å²) >= 11 is 0. The molecule has 0 radical (unpaired) electrons. The van der Waals surface area contributed by atoms with E-state index in [0.29, 0.717) is 24.5 Å². The molecule has 0 aliphatic heterocycles. The quantitative estimate of drug-likeness (QED) is 0.545. The first-order valence-electron chi connectivity index (χ1n) is 10.1. The van der Waals surface area contributed by atoms with E-state index in [1.165, 1.54) is 0 Å². The topological polar surface area (TPSA) is 93.7 Å². The highest BCUT2D eigenvalue weighted by Crippen LogP contribution is 2.23. The molecule has 0 spiro atoms. The van der Waals surface area contributed by atoms with Gasteiger partial charge >= 0.3 is 5.97 Å². The molecule has 2 amide bonds. The Morgan fingerprint density at radius 3 is 2.23 bits per heavy atom. The number of hydrogen-bond donors (Lipinski definition) is 2. The molecule has 0 saturated carbocycles. The van der Waals surface area contributed by atoms with Crippen LogP contribution in [0.3, 0.4) is 0 Å². The number of benzene rings is 2. The molecule has 0 aliphatic carbocycles. The summed E-state index contributed by atoms with van der Waals surface area (Å²) in [4.78, 5) is 35.9. The van der Waals surface area contributed by atoms with Crippen molar-refractivity contribution in [1.82, 2.24) is 0 Å². The Hall–Kier alpha value is -3.35. The van der Waals surface area contributed by atoms with E-state index in [9.17, 15) is 14.4 Å². The molecule has 0 saturated heterocycles. The van der Waals surface area contributed by atoms with Crippen LogP contribution in [0.1, 0.15) is 38.7 Å². The lowest BCUT2D eigenvalue weighted by Crippen LogP contribution is -2.21. The molecule has 7 heteroatoms. The molecule has 0 fully saturated rings. The molecular formula is C23H28N2O5. The summed E-state index contributed by atoms with van der Waals surface area (Å²) < 4.78 is 10.4. The Bertz CT molecular complexity index is 866. The predicted octanol–water partition coefficient (Wildman–Crippen LogP) is 3.94. The third-order valence-corrected chi connectivity index (χ3v) is 4.28. The van der Waals surface area contributed by atoms with E-state index in [1.54, 1.807) is 24.3 Å². The van der Waals surface area contributed by atoms with Crippen LogP contribution < -0.4 is 15.4 Å². The van der Waals surface area contributed by atoms with Crippen LogP contribution in [0.15, 0.2) is 48.5 Å². The molecule has 0 unspecified atom stereocenters. The SMILES string of the molecule is CCOc1ccccc1NC(=O)COC(=O)CCCC(=O)Nc1ccccc1CC. The summed E-state index contributed by atoms with van der Waals surface area (Å²) in [6.45, 7) is 3.95. The molecule has 0 atom stereocenters. The van der Waals surface area contributed by atoms with Crippen molar-refractivity contribution in [2.24, 2.45) is 0 Å². The summed E-state index contributed by atoms with van der Waals surface area (Å²) in [6, 6.07) is 14.6. The van der Waals surface area contributed by atoms with Crippen LogP contribution in [-0.2, 0) is 25.5 Å². The van der Waals surface area contributed by atoms with Gasteiger partial charge in [0, 0.05) is 18.5 Å². The average molecular weight is 412 g/mol. The molecule has 160 valence electrons. The standard InChI is InChI=1S/C23H28N2O5/c1-3-17-10-5-6-11-18(17)24-21(26)14-9-15-23(28)30-16-22(27)25-19-12-7-8-13-20(19)29-4-2/h5-8,10-13H,3-4,9,14-16H2,1-2H3,(H,24,26)(H,25,27). The van der Waals surface area contributed by atoms with Crippen LogP contribution in [0.4, 0.5) is 11.4 Å². The van der Waals surface area contributed by atoms with Gasteiger partial charge in [-0.25, -0.2) is 0 Å². The summed E-state index contributed by atoms with van der Waals surface area (Å²) in [5.41, 5.74) is 2.36. The van der Waals surface area contributed by atoms with Crippen LogP contribution in [0.25, 0.3) is 0 Å². The number of ether oxygens (including phenoxy) is 2. The number of aryl methyl sites for hydroxylation is 1. The van der Waals surface area contributed by atoms with E-state index < -0.39 is 18.5 Å². The van der Waals surface area contributed by atoms with E-state index in [4.69, 9.17) is 9.47 Å². The van der Waals surface area contributed by atoms with Gasteiger partial charge in [0.05, 0.1) is 12.3 Å². The molecule has 2 aromatic carbocycles. The first-order valence-corrected chi connectivity index (χ1v) is 10.1. The second kappa shape index (κ2) is 12.3. The molecular weight excluding hydrogens is 384 g/mol. The molecule has 0 aliphatic rings. The number of rotatable bonds is 11. The zero-order chi connectivity index (χ0) is 21.8. The van der Waals surface area contributed by atoms with E-state index in [-0.39, 0.29) is 18.7 Å². The van der Waals surface area contributed by atoms with Gasteiger partial charge in [-0.05, 0) is 43.5 Å². The summed E-state index contributed by atoms with van der Waals surface area (Å²) in [6.07, 6.45) is 1.42. The van der Waals surface area contributed by atoms with Crippen LogP contribution in [0.2, 0.25) is 0 Å². The monoisotopic (exact) mass is 412 g/mol. The van der Waals surface area contributed by atoms with E-state index in [0.717, 1.165) is 17.7 Å². The van der Waals surface area contributed by atoms with Gasteiger partial charge in [0.25, 0.3) is 5.91 Å². The van der Waals surface area contributed by atoms with Crippen LogP contribution >= 0.6 is 0 Å². The van der Waals surface area contributed by atoms with Crippen molar-refractivity contribution in [3.8, 4) is 5.75 Å². The predicted molar refractivity (Wildman–Crippen MR) is 116 cm³/mol. The molecule has 30 heavy (non-hydrogen) atoms. The Balaban J connectivity index is 1.68. The molecule has 2 N–H and O–H groups in total. The normalized spacial score (nSPS) is 10.2. The minimum Gasteiger partial charge on any atom is -0.492 e. The fraction of sp³-hybridized carbons (Fsp3) is 0.348. The third-order valence-electron chi connectivity index (χ3n) is 4.28. The fourth-order valence-corrected chi connectivity index (χ4v) is 2.81. The lowest BCUT2D eigenvalue weighted by Gasteiger charge is -2.11. The average Bonchev–Trinajstić information content (AvgIpc) is 2.74. The molecule has 2 rings (SSSR count). The third kappa shape index (κ3) is 7.58. The highest BCUT2D eigenvalue weighted by atomic mass is 16.5. The second-order valence-corrected chi connectivity index (χ2v) is 6.55. The number of amides is 2. The van der Waals surface area contributed by atoms with Crippen molar-refractivity contribution in [3.63, 3.8) is 0 Å².